The highest BCUT2D eigenvalue weighted by molar-refractivity contribution is 5.94. The number of rotatable bonds is 6. The van der Waals surface area contributed by atoms with Crippen molar-refractivity contribution in [2.24, 2.45) is 0 Å². The Kier molecular flexibility index (Phi) is 5.96. The average molecular weight is 390 g/mol. The summed E-state index contributed by atoms with van der Waals surface area (Å²) in [5.74, 6) is -1.59. The molecule has 1 aliphatic carbocycles. The molecule has 0 spiro atoms. The third kappa shape index (κ3) is 3.85. The Balaban J connectivity index is 1.81. The second-order valence-corrected chi connectivity index (χ2v) is 6.83. The van der Waals surface area contributed by atoms with E-state index in [0.717, 1.165) is 12.8 Å². The fourth-order valence-electron chi connectivity index (χ4n) is 3.76. The Labute approximate surface area is 162 Å². The SMILES string of the molecule is CCOC(=O)C1=C(COC(=O)C2(c3ccccc3F)CCCC2)NC(=O)NC1. The summed E-state index contributed by atoms with van der Waals surface area (Å²) in [6, 6.07) is 5.71. The molecule has 1 saturated carbocycles. The lowest BCUT2D eigenvalue weighted by Crippen LogP contribution is -2.45. The van der Waals surface area contributed by atoms with E-state index in [1.165, 1.54) is 6.07 Å². The first-order chi connectivity index (χ1) is 13.5. The van der Waals surface area contributed by atoms with Gasteiger partial charge in [0.2, 0.25) is 0 Å². The Morgan fingerprint density at radius 3 is 2.57 bits per heavy atom. The summed E-state index contributed by atoms with van der Waals surface area (Å²) in [5.41, 5.74) is -0.350. The van der Waals surface area contributed by atoms with E-state index in [1.54, 1.807) is 25.1 Å². The zero-order chi connectivity index (χ0) is 20.1. The van der Waals surface area contributed by atoms with Crippen LogP contribution in [0.2, 0.25) is 0 Å². The third-order valence-electron chi connectivity index (χ3n) is 5.16. The number of urea groups is 1. The predicted octanol–water partition coefficient (Wildman–Crippen LogP) is 2.31. The van der Waals surface area contributed by atoms with E-state index >= 15 is 0 Å². The van der Waals surface area contributed by atoms with Crippen LogP contribution in [0.15, 0.2) is 35.5 Å². The van der Waals surface area contributed by atoms with Gasteiger partial charge < -0.3 is 20.1 Å². The van der Waals surface area contributed by atoms with Gasteiger partial charge in [0.05, 0.1) is 29.8 Å². The lowest BCUT2D eigenvalue weighted by atomic mass is 9.78. The van der Waals surface area contributed by atoms with Gasteiger partial charge in [-0.15, -0.1) is 0 Å². The van der Waals surface area contributed by atoms with Crippen molar-refractivity contribution in [2.45, 2.75) is 38.0 Å². The number of amides is 2. The minimum atomic E-state index is -1.05. The highest BCUT2D eigenvalue weighted by atomic mass is 19.1. The Morgan fingerprint density at radius 1 is 1.18 bits per heavy atom. The van der Waals surface area contributed by atoms with Crippen LogP contribution >= 0.6 is 0 Å². The molecule has 150 valence electrons. The molecule has 0 atom stereocenters. The highest BCUT2D eigenvalue weighted by Gasteiger charge is 2.46. The molecule has 8 heteroatoms. The van der Waals surface area contributed by atoms with E-state index in [-0.39, 0.29) is 31.0 Å². The molecule has 2 aliphatic rings. The van der Waals surface area contributed by atoms with Gasteiger partial charge >= 0.3 is 18.0 Å². The maximum atomic E-state index is 14.4. The summed E-state index contributed by atoms with van der Waals surface area (Å²) < 4.78 is 24.9. The maximum Gasteiger partial charge on any atom is 0.337 e. The first-order valence-corrected chi connectivity index (χ1v) is 9.34. The van der Waals surface area contributed by atoms with Crippen LogP contribution < -0.4 is 10.6 Å². The monoisotopic (exact) mass is 390 g/mol. The molecule has 0 unspecified atom stereocenters. The van der Waals surface area contributed by atoms with Crippen molar-refractivity contribution < 1.29 is 28.2 Å². The number of carbonyl (C=O) groups excluding carboxylic acids is 3. The van der Waals surface area contributed by atoms with E-state index in [2.05, 4.69) is 10.6 Å². The largest absolute Gasteiger partial charge is 0.463 e. The maximum absolute atomic E-state index is 14.4. The van der Waals surface area contributed by atoms with Gasteiger partial charge in [0, 0.05) is 5.56 Å². The topological polar surface area (TPSA) is 93.7 Å². The van der Waals surface area contributed by atoms with Crippen molar-refractivity contribution in [3.8, 4) is 0 Å². The van der Waals surface area contributed by atoms with Gasteiger partial charge in [0.25, 0.3) is 0 Å². The van der Waals surface area contributed by atoms with Gasteiger partial charge in [-0.3, -0.25) is 4.79 Å². The second kappa shape index (κ2) is 8.41. The van der Waals surface area contributed by atoms with Crippen molar-refractivity contribution in [2.75, 3.05) is 19.8 Å². The second-order valence-electron chi connectivity index (χ2n) is 6.83. The van der Waals surface area contributed by atoms with Gasteiger partial charge in [-0.1, -0.05) is 31.0 Å². The van der Waals surface area contributed by atoms with Gasteiger partial charge in [-0.05, 0) is 25.8 Å². The molecule has 1 fully saturated rings. The van der Waals surface area contributed by atoms with Gasteiger partial charge in [-0.2, -0.15) is 0 Å². The Bertz CT molecular complexity index is 815. The van der Waals surface area contributed by atoms with Crippen LogP contribution in [0, 0.1) is 5.82 Å². The van der Waals surface area contributed by atoms with Crippen molar-refractivity contribution in [1.29, 1.82) is 0 Å². The molecular formula is C20H23FN2O5. The fraction of sp³-hybridized carbons (Fsp3) is 0.450. The van der Waals surface area contributed by atoms with Crippen LogP contribution in [-0.2, 0) is 24.5 Å². The molecule has 1 aromatic rings. The molecule has 3 rings (SSSR count). The van der Waals surface area contributed by atoms with Crippen molar-refractivity contribution in [1.82, 2.24) is 10.6 Å². The van der Waals surface area contributed by atoms with E-state index in [1.807, 2.05) is 0 Å². The number of halogens is 1. The van der Waals surface area contributed by atoms with Gasteiger partial charge in [-0.25, -0.2) is 14.0 Å². The normalized spacial score (nSPS) is 18.3. The van der Waals surface area contributed by atoms with E-state index in [0.29, 0.717) is 18.4 Å². The zero-order valence-corrected chi connectivity index (χ0v) is 15.7. The number of benzene rings is 1. The molecule has 28 heavy (non-hydrogen) atoms. The van der Waals surface area contributed by atoms with Gasteiger partial charge in [0.1, 0.15) is 12.4 Å². The van der Waals surface area contributed by atoms with E-state index < -0.39 is 29.2 Å². The first-order valence-electron chi connectivity index (χ1n) is 9.34. The van der Waals surface area contributed by atoms with Crippen LogP contribution in [0.1, 0.15) is 38.2 Å². The van der Waals surface area contributed by atoms with Crippen molar-refractivity contribution in [3.05, 3.63) is 46.9 Å². The molecule has 0 bridgehead atoms. The summed E-state index contributed by atoms with van der Waals surface area (Å²) in [6.07, 6.45) is 2.57. The van der Waals surface area contributed by atoms with E-state index in [4.69, 9.17) is 9.47 Å². The van der Waals surface area contributed by atoms with Crippen molar-refractivity contribution >= 4 is 18.0 Å². The summed E-state index contributed by atoms with van der Waals surface area (Å²) in [4.78, 5) is 36.7. The highest BCUT2D eigenvalue weighted by Crippen LogP contribution is 2.43. The summed E-state index contributed by atoms with van der Waals surface area (Å²) in [5, 5.41) is 4.98. The number of hydrogen-bond acceptors (Lipinski definition) is 5. The molecule has 1 aliphatic heterocycles. The van der Waals surface area contributed by atoms with Gasteiger partial charge in [0.15, 0.2) is 0 Å². The number of ether oxygens (including phenoxy) is 2. The number of esters is 2. The minimum Gasteiger partial charge on any atom is -0.463 e. The molecular weight excluding hydrogens is 367 g/mol. The Hall–Kier alpha value is -2.90. The van der Waals surface area contributed by atoms with Crippen LogP contribution in [0.4, 0.5) is 9.18 Å². The summed E-state index contributed by atoms with van der Waals surface area (Å²) >= 11 is 0. The van der Waals surface area contributed by atoms with Crippen LogP contribution in [0.5, 0.6) is 0 Å². The minimum absolute atomic E-state index is 0.0179. The van der Waals surface area contributed by atoms with Crippen LogP contribution in [0.3, 0.4) is 0 Å². The van der Waals surface area contributed by atoms with E-state index in [9.17, 15) is 18.8 Å². The average Bonchev–Trinajstić information content (AvgIpc) is 3.17. The van der Waals surface area contributed by atoms with Crippen LogP contribution in [0.25, 0.3) is 0 Å². The zero-order valence-electron chi connectivity index (χ0n) is 15.7. The lowest BCUT2D eigenvalue weighted by molar-refractivity contribution is -0.150. The molecule has 1 aromatic carbocycles. The molecule has 2 amide bonds. The molecule has 1 heterocycles. The molecule has 7 nitrogen and oxygen atoms in total. The van der Waals surface area contributed by atoms with Crippen LogP contribution in [-0.4, -0.2) is 37.7 Å². The molecule has 0 radical (unpaired) electrons. The predicted molar refractivity (Wildman–Crippen MR) is 97.7 cm³/mol. The smallest absolute Gasteiger partial charge is 0.337 e. The quantitative estimate of drug-likeness (QED) is 0.727. The Morgan fingerprint density at radius 2 is 1.89 bits per heavy atom. The number of nitrogens with one attached hydrogen (secondary N) is 2. The molecule has 0 saturated heterocycles. The lowest BCUT2D eigenvalue weighted by Gasteiger charge is -2.28. The first kappa shape index (κ1) is 19.9. The third-order valence-corrected chi connectivity index (χ3v) is 5.16. The standard InChI is InChI=1S/C20H23FN2O5/c1-2-27-17(24)13-11-22-19(26)23-16(13)12-28-18(25)20(9-5-6-10-20)14-7-3-4-8-15(14)21/h3-4,7-8H,2,5-6,9-12H2,1H3,(H2,22,23,26). The molecule has 2 N–H and O–H groups in total. The molecule has 0 aromatic heterocycles. The number of hydrogen-bond donors (Lipinski definition) is 2. The summed E-state index contributed by atoms with van der Waals surface area (Å²) in [7, 11) is 0. The summed E-state index contributed by atoms with van der Waals surface area (Å²) in [6.45, 7) is 1.54. The fourth-order valence-corrected chi connectivity index (χ4v) is 3.76. The van der Waals surface area contributed by atoms with Crippen molar-refractivity contribution in [3.63, 3.8) is 0 Å². The number of carbonyl (C=O) groups is 3.